The maximum absolute atomic E-state index is 5.68. The summed E-state index contributed by atoms with van der Waals surface area (Å²) in [4.78, 5) is 0. The van der Waals surface area contributed by atoms with Gasteiger partial charge in [-0.05, 0) is 0 Å². The summed E-state index contributed by atoms with van der Waals surface area (Å²) < 4.78 is -0.288. The van der Waals surface area contributed by atoms with Crippen LogP contribution in [0.5, 0.6) is 0 Å². The summed E-state index contributed by atoms with van der Waals surface area (Å²) in [6.45, 7) is 0. The van der Waals surface area contributed by atoms with E-state index in [1.807, 2.05) is 0 Å². The minimum atomic E-state index is -1.61. The second kappa shape index (κ2) is 2.98. The molecule has 0 radical (unpaired) electrons. The van der Waals surface area contributed by atoms with Gasteiger partial charge in [0, 0.05) is 7.05 Å². The molecule has 0 aliphatic carbocycles. The van der Waals surface area contributed by atoms with Crippen LogP contribution in [0.2, 0.25) is 5.15 Å². The first-order valence-corrected chi connectivity index (χ1v) is 4.06. The Bertz CT molecular complexity index is 263. The third kappa shape index (κ3) is 1.90. The molecule has 0 saturated carbocycles. The Morgan fingerprint density at radius 3 is 2.09 bits per heavy atom. The van der Waals surface area contributed by atoms with Crippen LogP contribution in [-0.2, 0) is 10.8 Å². The summed E-state index contributed by atoms with van der Waals surface area (Å²) in [7, 11) is 1.61. The summed E-state index contributed by atoms with van der Waals surface area (Å²) in [6.07, 6.45) is 0. The van der Waals surface area contributed by atoms with Gasteiger partial charge >= 0.3 is 0 Å². The van der Waals surface area contributed by atoms with E-state index >= 15 is 0 Å². The summed E-state index contributed by atoms with van der Waals surface area (Å²) in [5.41, 5.74) is 0.145. The van der Waals surface area contributed by atoms with E-state index in [4.69, 9.17) is 46.4 Å². The molecule has 0 aromatic carbocycles. The largest absolute Gasteiger partial charge is 0.237 e. The molecule has 62 valence electrons. The third-order valence-electron chi connectivity index (χ3n) is 1.03. The van der Waals surface area contributed by atoms with Crippen molar-refractivity contribution in [2.45, 2.75) is 3.79 Å². The molecule has 0 bridgehead atoms. The van der Waals surface area contributed by atoms with Crippen molar-refractivity contribution >= 4 is 46.4 Å². The number of hydrogen-bond donors (Lipinski definition) is 0. The zero-order chi connectivity index (χ0) is 8.65. The van der Waals surface area contributed by atoms with Crippen LogP contribution in [0.25, 0.3) is 0 Å². The van der Waals surface area contributed by atoms with Gasteiger partial charge in [0.15, 0.2) is 10.8 Å². The lowest BCUT2D eigenvalue weighted by atomic mass is 10.5. The van der Waals surface area contributed by atoms with Gasteiger partial charge in [-0.2, -0.15) is 0 Å². The number of aromatic nitrogens is 3. The summed E-state index contributed by atoms with van der Waals surface area (Å²) in [5.74, 6) is 0. The highest BCUT2D eigenvalue weighted by molar-refractivity contribution is 6.67. The van der Waals surface area contributed by atoms with Crippen LogP contribution in [0.4, 0.5) is 0 Å². The first-order chi connectivity index (χ1) is 4.93. The van der Waals surface area contributed by atoms with Crippen molar-refractivity contribution in [3.8, 4) is 0 Å². The van der Waals surface area contributed by atoms with E-state index in [9.17, 15) is 0 Å². The zero-order valence-electron chi connectivity index (χ0n) is 5.35. The van der Waals surface area contributed by atoms with Gasteiger partial charge in [0.2, 0.25) is 3.79 Å². The normalized spacial score (nSPS) is 12.1. The van der Waals surface area contributed by atoms with Gasteiger partial charge in [-0.15, -0.1) is 5.10 Å². The number of rotatable bonds is 0. The van der Waals surface area contributed by atoms with Gasteiger partial charge in [0.25, 0.3) is 0 Å². The van der Waals surface area contributed by atoms with Crippen molar-refractivity contribution in [3.63, 3.8) is 0 Å². The zero-order valence-corrected chi connectivity index (χ0v) is 8.38. The van der Waals surface area contributed by atoms with Crippen LogP contribution < -0.4 is 0 Å². The van der Waals surface area contributed by atoms with Crippen molar-refractivity contribution in [2.75, 3.05) is 0 Å². The molecule has 1 heterocycles. The average Bonchev–Trinajstić information content (AvgIpc) is 2.11. The second-order valence-electron chi connectivity index (χ2n) is 1.85. The molecule has 3 nitrogen and oxygen atoms in total. The molecular formula is C4H3Cl4N3. The average molecular weight is 235 g/mol. The minimum Gasteiger partial charge on any atom is -0.236 e. The molecule has 0 atom stereocenters. The quantitative estimate of drug-likeness (QED) is 0.645. The first kappa shape index (κ1) is 9.39. The van der Waals surface area contributed by atoms with E-state index in [2.05, 4.69) is 10.3 Å². The van der Waals surface area contributed by atoms with Crippen molar-refractivity contribution < 1.29 is 0 Å². The molecule has 1 rings (SSSR count). The van der Waals surface area contributed by atoms with E-state index in [-0.39, 0.29) is 10.8 Å². The van der Waals surface area contributed by atoms with Gasteiger partial charge in [-0.1, -0.05) is 51.6 Å². The number of alkyl halides is 3. The lowest BCUT2D eigenvalue weighted by Crippen LogP contribution is -2.01. The lowest BCUT2D eigenvalue weighted by Gasteiger charge is -2.05. The molecule has 7 heteroatoms. The highest BCUT2D eigenvalue weighted by Gasteiger charge is 2.30. The Hall–Kier alpha value is 0.300. The Morgan fingerprint density at radius 2 is 1.91 bits per heavy atom. The van der Waals surface area contributed by atoms with Crippen LogP contribution in [0.15, 0.2) is 0 Å². The van der Waals surface area contributed by atoms with Crippen molar-refractivity contribution in [3.05, 3.63) is 10.8 Å². The second-order valence-corrected chi connectivity index (χ2v) is 4.49. The smallest absolute Gasteiger partial charge is 0.236 e. The van der Waals surface area contributed by atoms with Crippen LogP contribution >= 0.6 is 46.4 Å². The standard InChI is InChI=1S/C4H3Cl4N3/c1-11-3(5)2(9-10-11)4(6,7)8/h1H3. The van der Waals surface area contributed by atoms with Crippen molar-refractivity contribution in [1.82, 2.24) is 15.0 Å². The molecule has 11 heavy (non-hydrogen) atoms. The summed E-state index contributed by atoms with van der Waals surface area (Å²) >= 11 is 22.2. The fraction of sp³-hybridized carbons (Fsp3) is 0.500. The van der Waals surface area contributed by atoms with E-state index in [1.54, 1.807) is 7.05 Å². The fourth-order valence-electron chi connectivity index (χ4n) is 0.519. The van der Waals surface area contributed by atoms with E-state index < -0.39 is 3.79 Å². The monoisotopic (exact) mass is 233 g/mol. The highest BCUT2D eigenvalue weighted by atomic mass is 35.6. The molecule has 0 saturated heterocycles. The maximum atomic E-state index is 5.68. The van der Waals surface area contributed by atoms with Gasteiger partial charge in [-0.25, -0.2) is 4.68 Å². The topological polar surface area (TPSA) is 30.7 Å². The molecule has 1 aromatic heterocycles. The number of halogens is 4. The van der Waals surface area contributed by atoms with Crippen LogP contribution in [0, 0.1) is 0 Å². The Balaban J connectivity index is 3.15. The van der Waals surface area contributed by atoms with Gasteiger partial charge in [0.05, 0.1) is 0 Å². The number of aryl methyl sites for hydroxylation is 1. The molecule has 0 unspecified atom stereocenters. The predicted octanol–water partition coefficient (Wildman–Crippen LogP) is 2.30. The first-order valence-electron chi connectivity index (χ1n) is 2.55. The SMILES string of the molecule is Cn1nnc(C(Cl)(Cl)Cl)c1Cl. The van der Waals surface area contributed by atoms with Crippen LogP contribution in [-0.4, -0.2) is 15.0 Å². The number of nitrogens with zero attached hydrogens (tertiary/aromatic N) is 3. The van der Waals surface area contributed by atoms with Crippen molar-refractivity contribution in [1.29, 1.82) is 0 Å². The molecular weight excluding hydrogens is 232 g/mol. The summed E-state index contributed by atoms with van der Waals surface area (Å²) in [6, 6.07) is 0. The molecule has 1 aromatic rings. The molecule has 0 spiro atoms. The predicted molar refractivity (Wildman–Crippen MR) is 45.3 cm³/mol. The lowest BCUT2D eigenvalue weighted by molar-refractivity contribution is 0.714. The Labute approximate surface area is 83.2 Å². The molecule has 0 aliphatic heterocycles. The van der Waals surface area contributed by atoms with E-state index in [0.717, 1.165) is 0 Å². The van der Waals surface area contributed by atoms with Gasteiger partial charge in [-0.3, -0.25) is 0 Å². The van der Waals surface area contributed by atoms with E-state index in [1.165, 1.54) is 4.68 Å². The minimum absolute atomic E-state index is 0.145. The molecule has 0 aliphatic rings. The highest BCUT2D eigenvalue weighted by Crippen LogP contribution is 2.39. The fourth-order valence-corrected chi connectivity index (χ4v) is 1.26. The van der Waals surface area contributed by atoms with Crippen LogP contribution in [0.3, 0.4) is 0 Å². The Morgan fingerprint density at radius 1 is 1.36 bits per heavy atom. The van der Waals surface area contributed by atoms with Gasteiger partial charge < -0.3 is 0 Å². The number of hydrogen-bond acceptors (Lipinski definition) is 2. The molecule has 0 N–H and O–H groups in total. The van der Waals surface area contributed by atoms with E-state index in [0.29, 0.717) is 0 Å². The maximum Gasteiger partial charge on any atom is 0.237 e. The molecule has 0 amide bonds. The summed E-state index contributed by atoms with van der Waals surface area (Å²) in [5, 5.41) is 7.36. The van der Waals surface area contributed by atoms with Crippen molar-refractivity contribution in [2.24, 2.45) is 7.05 Å². The third-order valence-corrected chi connectivity index (χ3v) is 1.99. The van der Waals surface area contributed by atoms with Gasteiger partial charge in [0.1, 0.15) is 0 Å². The Kier molecular flexibility index (Phi) is 2.54. The molecule has 0 fully saturated rings. The van der Waals surface area contributed by atoms with Crippen LogP contribution in [0.1, 0.15) is 5.69 Å².